The summed E-state index contributed by atoms with van der Waals surface area (Å²) >= 11 is 0. The van der Waals surface area contributed by atoms with Crippen LogP contribution in [0.4, 0.5) is 10.5 Å². The number of carbonyl (C=O) groups excluding carboxylic acids is 1. The predicted octanol–water partition coefficient (Wildman–Crippen LogP) is 2.27. The second-order valence-electron chi connectivity index (χ2n) is 7.43. The van der Waals surface area contributed by atoms with E-state index in [0.717, 1.165) is 24.2 Å². The van der Waals surface area contributed by atoms with Gasteiger partial charge in [-0.1, -0.05) is 20.8 Å². The summed E-state index contributed by atoms with van der Waals surface area (Å²) in [4.78, 5) is 20.9. The number of aromatic nitrogens is 1. The number of rotatable bonds is 3. The Bertz CT molecular complexity index is 742. The molecule has 1 saturated heterocycles. The van der Waals surface area contributed by atoms with Gasteiger partial charge in [-0.25, -0.2) is 9.78 Å². The minimum atomic E-state index is -0.156. The van der Waals surface area contributed by atoms with Crippen molar-refractivity contribution in [3.8, 4) is 0 Å². The second kappa shape index (κ2) is 7.01. The van der Waals surface area contributed by atoms with Crippen molar-refractivity contribution in [2.75, 3.05) is 44.6 Å². The summed E-state index contributed by atoms with van der Waals surface area (Å²) in [7, 11) is 0. The summed E-state index contributed by atoms with van der Waals surface area (Å²) in [6.07, 6.45) is 0. The number of benzene rings is 1. The number of aliphatic hydroxyl groups excluding tert-OH is 1. The molecule has 2 heterocycles. The average Bonchev–Trinajstić information content (AvgIpc) is 2.99. The van der Waals surface area contributed by atoms with E-state index in [-0.39, 0.29) is 18.1 Å². The van der Waals surface area contributed by atoms with E-state index in [0.29, 0.717) is 31.2 Å². The maximum atomic E-state index is 12.4. The van der Waals surface area contributed by atoms with Crippen molar-refractivity contribution in [1.29, 1.82) is 0 Å². The summed E-state index contributed by atoms with van der Waals surface area (Å²) in [5.41, 5.74) is 2.02. The molecule has 0 aliphatic carbocycles. The van der Waals surface area contributed by atoms with Crippen molar-refractivity contribution >= 4 is 22.8 Å². The zero-order valence-corrected chi connectivity index (χ0v) is 15.1. The van der Waals surface area contributed by atoms with Crippen molar-refractivity contribution in [3.63, 3.8) is 0 Å². The van der Waals surface area contributed by atoms with E-state index in [1.807, 2.05) is 18.2 Å². The molecule has 1 fully saturated rings. The van der Waals surface area contributed by atoms with Crippen molar-refractivity contribution in [2.45, 2.75) is 26.2 Å². The number of hydrogen-bond acceptors (Lipinski definition) is 5. The quantitative estimate of drug-likeness (QED) is 0.891. The normalized spacial score (nSPS) is 16.4. The first-order valence-electron chi connectivity index (χ1n) is 8.67. The van der Waals surface area contributed by atoms with Gasteiger partial charge in [0.05, 0.1) is 6.61 Å². The topological polar surface area (TPSA) is 81.8 Å². The van der Waals surface area contributed by atoms with Gasteiger partial charge in [0.25, 0.3) is 0 Å². The zero-order valence-electron chi connectivity index (χ0n) is 15.1. The van der Waals surface area contributed by atoms with Crippen molar-refractivity contribution < 1.29 is 14.3 Å². The molecule has 1 aliphatic heterocycles. The number of hydrogen-bond donors (Lipinski definition) is 2. The molecule has 1 aliphatic rings. The van der Waals surface area contributed by atoms with Gasteiger partial charge >= 0.3 is 6.03 Å². The number of oxazole rings is 1. The number of anilines is 1. The van der Waals surface area contributed by atoms with Gasteiger partial charge in [0.2, 0.25) is 5.89 Å². The van der Waals surface area contributed by atoms with Gasteiger partial charge in [0.1, 0.15) is 5.52 Å². The van der Waals surface area contributed by atoms with E-state index in [1.54, 1.807) is 4.90 Å². The highest BCUT2D eigenvalue weighted by molar-refractivity contribution is 5.91. The molecule has 0 spiro atoms. The molecular weight excluding hydrogens is 320 g/mol. The number of nitrogens with one attached hydrogen (secondary N) is 1. The van der Waals surface area contributed by atoms with Crippen LogP contribution in [-0.4, -0.2) is 65.3 Å². The second-order valence-corrected chi connectivity index (χ2v) is 7.43. The monoisotopic (exact) mass is 346 g/mol. The number of β-amino-alcohol motifs (C(OH)–C–C–N with tert-alkyl or cyclic N) is 1. The minimum Gasteiger partial charge on any atom is -0.440 e. The Balaban J connectivity index is 1.65. The maximum Gasteiger partial charge on any atom is 0.321 e. The van der Waals surface area contributed by atoms with Crippen LogP contribution in [0.25, 0.3) is 11.1 Å². The number of nitrogens with zero attached hydrogens (tertiary/aromatic N) is 3. The smallest absolute Gasteiger partial charge is 0.321 e. The van der Waals surface area contributed by atoms with Crippen LogP contribution in [0.1, 0.15) is 26.7 Å². The molecule has 0 atom stereocenters. The van der Waals surface area contributed by atoms with Crippen molar-refractivity contribution in [2.24, 2.45) is 0 Å². The van der Waals surface area contributed by atoms with Crippen LogP contribution in [0, 0.1) is 0 Å². The molecule has 7 heteroatoms. The Morgan fingerprint density at radius 1 is 1.28 bits per heavy atom. The molecule has 0 radical (unpaired) electrons. The molecule has 3 rings (SSSR count). The third-order valence-electron chi connectivity index (χ3n) is 4.36. The van der Waals surface area contributed by atoms with E-state index in [4.69, 9.17) is 9.52 Å². The number of piperazine rings is 1. The molecule has 0 unspecified atom stereocenters. The number of carbonyl (C=O) groups is 1. The lowest BCUT2D eigenvalue weighted by atomic mass is 9.97. The third kappa shape index (κ3) is 4.11. The highest BCUT2D eigenvalue weighted by Gasteiger charge is 2.22. The molecule has 7 nitrogen and oxygen atoms in total. The molecule has 2 N–H and O–H groups in total. The Hall–Kier alpha value is -2.12. The first kappa shape index (κ1) is 17.7. The van der Waals surface area contributed by atoms with Gasteiger partial charge in [-0.05, 0) is 18.2 Å². The first-order valence-corrected chi connectivity index (χ1v) is 8.67. The summed E-state index contributed by atoms with van der Waals surface area (Å²) < 4.78 is 5.78. The van der Waals surface area contributed by atoms with Crippen LogP contribution < -0.4 is 5.32 Å². The van der Waals surface area contributed by atoms with Gasteiger partial charge in [-0.3, -0.25) is 4.90 Å². The summed E-state index contributed by atoms with van der Waals surface area (Å²) in [6, 6.07) is 5.41. The van der Waals surface area contributed by atoms with Gasteiger partial charge in [0, 0.05) is 43.8 Å². The predicted molar refractivity (Wildman–Crippen MR) is 96.8 cm³/mol. The van der Waals surface area contributed by atoms with Crippen LogP contribution in [0.2, 0.25) is 0 Å². The van der Waals surface area contributed by atoms with E-state index in [2.05, 4.69) is 36.0 Å². The van der Waals surface area contributed by atoms with E-state index < -0.39 is 0 Å². The lowest BCUT2D eigenvalue weighted by Crippen LogP contribution is -2.50. The fourth-order valence-electron chi connectivity index (χ4n) is 2.84. The van der Waals surface area contributed by atoms with E-state index in [9.17, 15) is 4.79 Å². The molecule has 25 heavy (non-hydrogen) atoms. The SMILES string of the molecule is CC(C)(C)c1nc2cc(NC(=O)N3CCN(CCO)CC3)ccc2o1. The van der Waals surface area contributed by atoms with Gasteiger partial charge in [-0.2, -0.15) is 0 Å². The number of fused-ring (bicyclic) bond motifs is 1. The van der Waals surface area contributed by atoms with Gasteiger partial charge < -0.3 is 19.7 Å². The number of urea groups is 1. The van der Waals surface area contributed by atoms with E-state index >= 15 is 0 Å². The zero-order chi connectivity index (χ0) is 18.0. The maximum absolute atomic E-state index is 12.4. The fourth-order valence-corrected chi connectivity index (χ4v) is 2.84. The fraction of sp³-hybridized carbons (Fsp3) is 0.556. The lowest BCUT2D eigenvalue weighted by Gasteiger charge is -2.34. The average molecular weight is 346 g/mol. The Kier molecular flexibility index (Phi) is 4.96. The molecule has 0 saturated carbocycles. The van der Waals surface area contributed by atoms with Crippen LogP contribution >= 0.6 is 0 Å². The Morgan fingerprint density at radius 2 is 2.00 bits per heavy atom. The summed E-state index contributed by atoms with van der Waals surface area (Å²) in [5, 5.41) is 11.9. The summed E-state index contributed by atoms with van der Waals surface area (Å²) in [5.74, 6) is 0.686. The Labute approximate surface area is 147 Å². The van der Waals surface area contributed by atoms with E-state index in [1.165, 1.54) is 0 Å². The van der Waals surface area contributed by atoms with Crippen molar-refractivity contribution in [3.05, 3.63) is 24.1 Å². The largest absolute Gasteiger partial charge is 0.440 e. The number of amides is 2. The molecule has 136 valence electrons. The van der Waals surface area contributed by atoms with Crippen LogP contribution in [0.5, 0.6) is 0 Å². The molecule has 2 aromatic rings. The molecule has 2 amide bonds. The van der Waals surface area contributed by atoms with Crippen molar-refractivity contribution in [1.82, 2.24) is 14.8 Å². The minimum absolute atomic E-state index is 0.109. The third-order valence-corrected chi connectivity index (χ3v) is 4.36. The van der Waals surface area contributed by atoms with Crippen LogP contribution in [0.3, 0.4) is 0 Å². The molecule has 1 aromatic carbocycles. The van der Waals surface area contributed by atoms with Gasteiger partial charge in [0.15, 0.2) is 5.58 Å². The molecule has 0 bridgehead atoms. The first-order chi connectivity index (χ1) is 11.9. The van der Waals surface area contributed by atoms with Crippen LogP contribution in [-0.2, 0) is 5.41 Å². The highest BCUT2D eigenvalue weighted by atomic mass is 16.3. The Morgan fingerprint density at radius 3 is 2.64 bits per heavy atom. The molecular formula is C18H26N4O3. The molecule has 1 aromatic heterocycles. The lowest BCUT2D eigenvalue weighted by molar-refractivity contribution is 0.127. The summed E-state index contributed by atoms with van der Waals surface area (Å²) in [6.45, 7) is 9.86. The number of aliphatic hydroxyl groups is 1. The van der Waals surface area contributed by atoms with Gasteiger partial charge in [-0.15, -0.1) is 0 Å². The van der Waals surface area contributed by atoms with Crippen LogP contribution in [0.15, 0.2) is 22.6 Å². The standard InChI is InChI=1S/C18H26N4O3/c1-18(2,3)16-20-14-12-13(4-5-15(14)25-16)19-17(24)22-8-6-21(7-9-22)10-11-23/h4-5,12,23H,6-11H2,1-3H3,(H,19,24). The highest BCUT2D eigenvalue weighted by Crippen LogP contribution is 2.27.